The molecule has 1 atom stereocenters. The molecule has 2 fully saturated rings. The normalized spacial score (nSPS) is 24.4. The predicted octanol–water partition coefficient (Wildman–Crippen LogP) is 2.31. The Morgan fingerprint density at radius 2 is 1.89 bits per heavy atom. The number of amides is 1. The van der Waals surface area contributed by atoms with Gasteiger partial charge < -0.3 is 4.90 Å². The van der Waals surface area contributed by atoms with Crippen LogP contribution < -0.4 is 4.90 Å². The zero-order valence-electron chi connectivity index (χ0n) is 16.2. The first-order valence-corrected chi connectivity index (χ1v) is 11.9. The van der Waals surface area contributed by atoms with Crippen molar-refractivity contribution in [1.82, 2.24) is 9.21 Å². The highest BCUT2D eigenvalue weighted by Crippen LogP contribution is 2.35. The molecule has 2 aromatic rings. The SMILES string of the molecule is Cc1ccc(CS(=O)(=O)N2CC[C@@]3(CN(c4ccsc4)C(=O)CN3C)C2)cc1. The fourth-order valence-corrected chi connectivity index (χ4v) is 6.33. The molecule has 6 nitrogen and oxygen atoms in total. The van der Waals surface area contributed by atoms with Gasteiger partial charge >= 0.3 is 0 Å². The molecule has 0 N–H and O–H groups in total. The maximum absolute atomic E-state index is 13.0. The summed E-state index contributed by atoms with van der Waals surface area (Å²) in [6.07, 6.45) is 0.727. The lowest BCUT2D eigenvalue weighted by molar-refractivity contribution is -0.123. The van der Waals surface area contributed by atoms with E-state index in [1.54, 1.807) is 15.6 Å². The number of thiophene rings is 1. The number of carbonyl (C=O) groups excluding carboxylic acids is 1. The Hall–Kier alpha value is -1.74. The number of hydrogen-bond acceptors (Lipinski definition) is 5. The fraction of sp³-hybridized carbons (Fsp3) is 0.450. The molecule has 2 saturated heterocycles. The van der Waals surface area contributed by atoms with E-state index in [0.717, 1.165) is 23.2 Å². The standard InChI is InChI=1S/C20H25N3O3S2/c1-16-3-5-17(6-4-16)13-28(25,26)22-9-8-20(14-22)15-23(18-7-10-27-12-18)19(24)11-21(20)2/h3-7,10,12H,8-9,11,13-15H2,1-2H3/t20-/m0/s1. The van der Waals surface area contributed by atoms with Crippen molar-refractivity contribution in [3.05, 3.63) is 52.2 Å². The van der Waals surface area contributed by atoms with Gasteiger partial charge in [0.05, 0.1) is 23.5 Å². The molecule has 4 rings (SSSR count). The van der Waals surface area contributed by atoms with Gasteiger partial charge in [-0.05, 0) is 37.4 Å². The van der Waals surface area contributed by atoms with Gasteiger partial charge in [-0.1, -0.05) is 29.8 Å². The average molecular weight is 420 g/mol. The van der Waals surface area contributed by atoms with Crippen LogP contribution in [0.2, 0.25) is 0 Å². The molecule has 0 unspecified atom stereocenters. The van der Waals surface area contributed by atoms with Crippen molar-refractivity contribution in [2.75, 3.05) is 38.1 Å². The van der Waals surface area contributed by atoms with Gasteiger partial charge in [0.1, 0.15) is 0 Å². The second-order valence-electron chi connectivity index (χ2n) is 7.87. The summed E-state index contributed by atoms with van der Waals surface area (Å²) >= 11 is 1.56. The smallest absolute Gasteiger partial charge is 0.241 e. The summed E-state index contributed by atoms with van der Waals surface area (Å²) in [6.45, 7) is 3.73. The predicted molar refractivity (Wildman–Crippen MR) is 112 cm³/mol. The van der Waals surface area contributed by atoms with Crippen LogP contribution in [0.3, 0.4) is 0 Å². The first-order chi connectivity index (χ1) is 13.3. The summed E-state index contributed by atoms with van der Waals surface area (Å²) in [4.78, 5) is 16.4. The molecular formula is C20H25N3O3S2. The number of benzene rings is 1. The third kappa shape index (κ3) is 3.61. The number of anilines is 1. The zero-order chi connectivity index (χ0) is 19.9. The summed E-state index contributed by atoms with van der Waals surface area (Å²) < 4.78 is 27.6. The molecule has 0 radical (unpaired) electrons. The number of sulfonamides is 1. The molecular weight excluding hydrogens is 394 g/mol. The van der Waals surface area contributed by atoms with Crippen LogP contribution in [0, 0.1) is 6.92 Å². The minimum absolute atomic E-state index is 0.0141. The van der Waals surface area contributed by atoms with Crippen molar-refractivity contribution >= 4 is 33.0 Å². The Kier molecular flexibility index (Phi) is 5.07. The topological polar surface area (TPSA) is 60.9 Å². The van der Waals surface area contributed by atoms with Gasteiger partial charge in [-0.25, -0.2) is 8.42 Å². The Balaban J connectivity index is 1.53. The quantitative estimate of drug-likeness (QED) is 0.763. The van der Waals surface area contributed by atoms with Crippen LogP contribution in [-0.4, -0.2) is 62.3 Å². The molecule has 2 aliphatic rings. The number of aryl methyl sites for hydroxylation is 1. The van der Waals surface area contributed by atoms with E-state index in [2.05, 4.69) is 0 Å². The molecule has 1 spiro atoms. The first-order valence-electron chi connectivity index (χ1n) is 9.36. The molecule has 0 saturated carbocycles. The van der Waals surface area contributed by atoms with Crippen LogP contribution in [0.25, 0.3) is 0 Å². The molecule has 1 amide bonds. The van der Waals surface area contributed by atoms with Gasteiger partial charge in [-0.2, -0.15) is 15.6 Å². The zero-order valence-corrected chi connectivity index (χ0v) is 17.8. The first kappa shape index (κ1) is 19.6. The minimum Gasteiger partial charge on any atom is -0.309 e. The number of hydrogen-bond donors (Lipinski definition) is 0. The Morgan fingerprint density at radius 1 is 1.14 bits per heavy atom. The highest BCUT2D eigenvalue weighted by atomic mass is 32.2. The van der Waals surface area contributed by atoms with Crippen LogP contribution in [0.5, 0.6) is 0 Å². The molecule has 150 valence electrons. The monoisotopic (exact) mass is 419 g/mol. The number of piperazine rings is 1. The second-order valence-corrected chi connectivity index (χ2v) is 10.6. The van der Waals surface area contributed by atoms with Crippen LogP contribution in [0.4, 0.5) is 5.69 Å². The molecule has 8 heteroatoms. The summed E-state index contributed by atoms with van der Waals surface area (Å²) in [5.74, 6) is 0.0766. The number of rotatable bonds is 4. The Morgan fingerprint density at radius 3 is 2.57 bits per heavy atom. The lowest BCUT2D eigenvalue weighted by atomic mass is 9.93. The van der Waals surface area contributed by atoms with E-state index in [9.17, 15) is 13.2 Å². The molecule has 0 aliphatic carbocycles. The largest absolute Gasteiger partial charge is 0.309 e. The highest BCUT2D eigenvalue weighted by Gasteiger charge is 2.50. The molecule has 28 heavy (non-hydrogen) atoms. The van der Waals surface area contributed by atoms with Crippen LogP contribution in [-0.2, 0) is 20.6 Å². The van der Waals surface area contributed by atoms with E-state index in [0.29, 0.717) is 26.2 Å². The van der Waals surface area contributed by atoms with Crippen LogP contribution in [0.15, 0.2) is 41.1 Å². The van der Waals surface area contributed by atoms with Gasteiger partial charge in [-0.3, -0.25) is 9.69 Å². The maximum Gasteiger partial charge on any atom is 0.241 e. The maximum atomic E-state index is 13.0. The number of carbonyl (C=O) groups is 1. The molecule has 1 aromatic carbocycles. The summed E-state index contributed by atoms with van der Waals surface area (Å²) in [7, 11) is -1.47. The molecule has 1 aromatic heterocycles. The third-order valence-corrected chi connectivity index (χ3v) is 8.38. The van der Waals surface area contributed by atoms with Gasteiger partial charge in [0, 0.05) is 25.0 Å². The summed E-state index contributed by atoms with van der Waals surface area (Å²) in [5.41, 5.74) is 2.49. The van der Waals surface area contributed by atoms with E-state index >= 15 is 0 Å². The van der Waals surface area contributed by atoms with Gasteiger partial charge in [-0.15, -0.1) is 0 Å². The van der Waals surface area contributed by atoms with E-state index in [-0.39, 0.29) is 17.2 Å². The molecule has 2 aliphatic heterocycles. The van der Waals surface area contributed by atoms with Crippen LogP contribution in [0.1, 0.15) is 17.5 Å². The van der Waals surface area contributed by atoms with E-state index in [1.807, 2.05) is 64.9 Å². The highest BCUT2D eigenvalue weighted by molar-refractivity contribution is 7.88. The molecule has 0 bridgehead atoms. The fourth-order valence-electron chi connectivity index (χ4n) is 4.09. The summed E-state index contributed by atoms with van der Waals surface area (Å²) in [5, 5.41) is 3.93. The Bertz CT molecular complexity index is 957. The van der Waals surface area contributed by atoms with E-state index in [1.165, 1.54) is 0 Å². The lowest BCUT2D eigenvalue weighted by Crippen LogP contribution is -2.64. The van der Waals surface area contributed by atoms with Crippen molar-refractivity contribution in [3.63, 3.8) is 0 Å². The minimum atomic E-state index is -3.40. The van der Waals surface area contributed by atoms with E-state index < -0.39 is 10.0 Å². The summed E-state index contributed by atoms with van der Waals surface area (Å²) in [6, 6.07) is 9.58. The average Bonchev–Trinajstić information content (AvgIpc) is 3.31. The van der Waals surface area contributed by atoms with Crippen molar-refractivity contribution in [2.24, 2.45) is 0 Å². The van der Waals surface area contributed by atoms with Gasteiger partial charge in [0.25, 0.3) is 0 Å². The van der Waals surface area contributed by atoms with Gasteiger partial charge in [0.15, 0.2) is 0 Å². The van der Waals surface area contributed by atoms with Crippen molar-refractivity contribution in [1.29, 1.82) is 0 Å². The third-order valence-electron chi connectivity index (χ3n) is 5.91. The molecule has 3 heterocycles. The van der Waals surface area contributed by atoms with Crippen LogP contribution >= 0.6 is 11.3 Å². The van der Waals surface area contributed by atoms with Crippen molar-refractivity contribution in [3.8, 4) is 0 Å². The number of likely N-dealkylation sites (N-methyl/N-ethyl adjacent to an activating group) is 1. The van der Waals surface area contributed by atoms with Gasteiger partial charge in [0.2, 0.25) is 15.9 Å². The Labute approximate surface area is 170 Å². The number of nitrogens with zero attached hydrogens (tertiary/aromatic N) is 3. The van der Waals surface area contributed by atoms with Crippen molar-refractivity contribution in [2.45, 2.75) is 24.6 Å². The lowest BCUT2D eigenvalue weighted by Gasteiger charge is -2.46. The van der Waals surface area contributed by atoms with Crippen molar-refractivity contribution < 1.29 is 13.2 Å². The second kappa shape index (κ2) is 7.26. The van der Waals surface area contributed by atoms with E-state index in [4.69, 9.17) is 0 Å².